The molecule has 1 aromatic heterocycles. The van der Waals surface area contributed by atoms with Crippen molar-refractivity contribution in [1.29, 1.82) is 0 Å². The van der Waals surface area contributed by atoms with Gasteiger partial charge in [0.05, 0.1) is 28.7 Å². The molecule has 3 aromatic rings. The minimum absolute atomic E-state index is 0.0468. The monoisotopic (exact) mass is 486 g/mol. The Hall–Kier alpha value is -3.24. The van der Waals surface area contributed by atoms with Crippen LogP contribution in [0.4, 0.5) is 10.1 Å². The number of nitrogens with one attached hydrogen (secondary N) is 2. The van der Waals surface area contributed by atoms with E-state index in [1.807, 2.05) is 7.05 Å². The number of carbonyl (C=O) groups is 1. The van der Waals surface area contributed by atoms with Crippen molar-refractivity contribution in [3.8, 4) is 11.5 Å². The normalized spacial score (nSPS) is 16.9. The van der Waals surface area contributed by atoms with Crippen LogP contribution in [-0.2, 0) is 21.4 Å². The summed E-state index contributed by atoms with van der Waals surface area (Å²) >= 11 is 0. The molecule has 0 radical (unpaired) electrons. The van der Waals surface area contributed by atoms with Crippen molar-refractivity contribution in [3.05, 3.63) is 65.8 Å². The molecule has 1 aliphatic heterocycles. The molecule has 34 heavy (non-hydrogen) atoms. The van der Waals surface area contributed by atoms with Gasteiger partial charge in [-0.05, 0) is 63.7 Å². The number of likely N-dealkylation sites (tertiary alicyclic amines) is 1. The number of benzene rings is 2. The maximum Gasteiger partial charge on any atom is 0.262 e. The lowest BCUT2D eigenvalue weighted by atomic mass is 10.0. The van der Waals surface area contributed by atoms with Gasteiger partial charge in [0.25, 0.3) is 10.0 Å². The van der Waals surface area contributed by atoms with Crippen molar-refractivity contribution >= 4 is 21.6 Å². The summed E-state index contributed by atoms with van der Waals surface area (Å²) in [6.45, 7) is 2.84. The van der Waals surface area contributed by atoms with Crippen molar-refractivity contribution < 1.29 is 22.0 Å². The largest absolute Gasteiger partial charge is 0.441 e. The van der Waals surface area contributed by atoms with Gasteiger partial charge < -0.3 is 9.73 Å². The van der Waals surface area contributed by atoms with Gasteiger partial charge in [0, 0.05) is 0 Å². The number of rotatable bonds is 7. The fourth-order valence-corrected chi connectivity index (χ4v) is 5.11. The summed E-state index contributed by atoms with van der Waals surface area (Å²) in [6.07, 6.45) is 2.94. The molecular formula is C24H27FN4O4S. The summed E-state index contributed by atoms with van der Waals surface area (Å²) < 4.78 is 47.4. The Kier molecular flexibility index (Phi) is 6.99. The van der Waals surface area contributed by atoms with Crippen molar-refractivity contribution in [2.24, 2.45) is 0 Å². The Balaban J connectivity index is 1.52. The van der Waals surface area contributed by atoms with Crippen LogP contribution in [0.15, 0.2) is 57.8 Å². The molecule has 2 aromatic carbocycles. The highest BCUT2D eigenvalue weighted by molar-refractivity contribution is 7.92. The highest BCUT2D eigenvalue weighted by Crippen LogP contribution is 2.30. The fourth-order valence-electron chi connectivity index (χ4n) is 4.00. The van der Waals surface area contributed by atoms with Gasteiger partial charge in [0.15, 0.2) is 0 Å². The number of amides is 1. The fraction of sp³-hybridized carbons (Fsp3) is 0.333. The zero-order valence-electron chi connectivity index (χ0n) is 19.0. The molecule has 0 saturated carbocycles. The van der Waals surface area contributed by atoms with Crippen LogP contribution in [0.5, 0.6) is 0 Å². The van der Waals surface area contributed by atoms with Gasteiger partial charge in [-0.3, -0.25) is 14.4 Å². The first-order valence-electron chi connectivity index (χ1n) is 11.1. The van der Waals surface area contributed by atoms with Gasteiger partial charge in [-0.1, -0.05) is 24.6 Å². The van der Waals surface area contributed by atoms with Gasteiger partial charge in [0.2, 0.25) is 11.8 Å². The topological polar surface area (TPSA) is 105 Å². The zero-order chi connectivity index (χ0) is 24.3. The Morgan fingerprint density at radius 1 is 1.21 bits per heavy atom. The number of sulfonamides is 1. The Bertz CT molecular complexity index is 1290. The van der Waals surface area contributed by atoms with Crippen LogP contribution in [0.1, 0.15) is 30.7 Å². The first kappa shape index (κ1) is 23.9. The van der Waals surface area contributed by atoms with Gasteiger partial charge >= 0.3 is 0 Å². The van der Waals surface area contributed by atoms with E-state index in [1.54, 1.807) is 31.2 Å². The lowest BCUT2D eigenvalue weighted by Gasteiger charge is -2.31. The van der Waals surface area contributed by atoms with Crippen molar-refractivity contribution in [3.63, 3.8) is 0 Å². The number of oxazole rings is 1. The van der Waals surface area contributed by atoms with Crippen LogP contribution in [0, 0.1) is 12.7 Å². The lowest BCUT2D eigenvalue weighted by molar-refractivity contribution is -0.127. The van der Waals surface area contributed by atoms with Crippen LogP contribution in [0.2, 0.25) is 0 Å². The van der Waals surface area contributed by atoms with Gasteiger partial charge in [0.1, 0.15) is 17.3 Å². The molecule has 2 N–H and O–H groups in total. The third-order valence-electron chi connectivity index (χ3n) is 5.90. The average molecular weight is 487 g/mol. The number of aromatic nitrogens is 1. The van der Waals surface area contributed by atoms with E-state index in [9.17, 15) is 17.6 Å². The minimum Gasteiger partial charge on any atom is -0.441 e. The summed E-state index contributed by atoms with van der Waals surface area (Å²) in [7, 11) is -2.08. The summed E-state index contributed by atoms with van der Waals surface area (Å²) in [6, 6.07) is 11.3. The van der Waals surface area contributed by atoms with Crippen LogP contribution >= 0.6 is 0 Å². The number of anilines is 1. The van der Waals surface area contributed by atoms with E-state index in [0.717, 1.165) is 31.9 Å². The maximum absolute atomic E-state index is 13.5. The average Bonchev–Trinajstić information content (AvgIpc) is 3.18. The molecule has 1 saturated heterocycles. The van der Waals surface area contributed by atoms with Gasteiger partial charge in [-0.25, -0.2) is 17.8 Å². The summed E-state index contributed by atoms with van der Waals surface area (Å²) in [5.41, 5.74) is 1.23. The number of para-hydroxylation sites is 1. The standard InChI is InChI=1S/C24H27FN4O4S/c1-16-21(15-26-23(30)22-12-5-6-13-29(22)2)27-24(33-16)19-10-3-4-11-20(19)28-34(31,32)18-9-7-8-17(25)14-18/h3-4,7-11,14,22,28H,5-6,12-13,15H2,1-2H3,(H,26,30)/t22-/m0/s1. The first-order chi connectivity index (χ1) is 16.2. The second-order valence-electron chi connectivity index (χ2n) is 8.34. The molecule has 10 heteroatoms. The predicted molar refractivity (Wildman–Crippen MR) is 126 cm³/mol. The van der Waals surface area contributed by atoms with Gasteiger partial charge in [-0.2, -0.15) is 0 Å². The zero-order valence-corrected chi connectivity index (χ0v) is 19.9. The van der Waals surface area contributed by atoms with E-state index < -0.39 is 15.8 Å². The van der Waals surface area contributed by atoms with E-state index in [1.165, 1.54) is 18.2 Å². The number of nitrogens with zero attached hydrogens (tertiary/aromatic N) is 2. The molecule has 0 spiro atoms. The second-order valence-corrected chi connectivity index (χ2v) is 10.0. The SMILES string of the molecule is Cc1oc(-c2ccccc2NS(=O)(=O)c2cccc(F)c2)nc1CNC(=O)[C@@H]1CCCCN1C. The molecule has 2 heterocycles. The summed E-state index contributed by atoms with van der Waals surface area (Å²) in [5.74, 6) is 0.0455. The van der Waals surface area contributed by atoms with E-state index >= 15 is 0 Å². The quantitative estimate of drug-likeness (QED) is 0.528. The highest BCUT2D eigenvalue weighted by Gasteiger charge is 2.26. The Morgan fingerprint density at radius 2 is 2.00 bits per heavy atom. The number of carbonyl (C=O) groups excluding carboxylic acids is 1. The third-order valence-corrected chi connectivity index (χ3v) is 7.27. The van der Waals surface area contributed by atoms with Crippen LogP contribution in [0.25, 0.3) is 11.5 Å². The van der Waals surface area contributed by atoms with E-state index in [-0.39, 0.29) is 35.0 Å². The number of hydrogen-bond donors (Lipinski definition) is 2. The molecule has 0 bridgehead atoms. The highest BCUT2D eigenvalue weighted by atomic mass is 32.2. The number of likely N-dealkylation sites (N-methyl/N-ethyl adjacent to an activating group) is 1. The minimum atomic E-state index is -4.03. The Morgan fingerprint density at radius 3 is 2.76 bits per heavy atom. The lowest BCUT2D eigenvalue weighted by Crippen LogP contribution is -2.47. The van der Waals surface area contributed by atoms with Gasteiger partial charge in [-0.15, -0.1) is 0 Å². The Labute approximate surface area is 198 Å². The molecule has 1 amide bonds. The molecule has 1 fully saturated rings. The first-order valence-corrected chi connectivity index (χ1v) is 12.5. The van der Waals surface area contributed by atoms with Crippen molar-refractivity contribution in [2.45, 2.75) is 43.7 Å². The van der Waals surface area contributed by atoms with Crippen LogP contribution < -0.4 is 10.0 Å². The third kappa shape index (κ3) is 5.28. The predicted octanol–water partition coefficient (Wildman–Crippen LogP) is 3.69. The number of halogens is 1. The number of piperidine rings is 1. The summed E-state index contributed by atoms with van der Waals surface area (Å²) in [5, 5.41) is 2.93. The summed E-state index contributed by atoms with van der Waals surface area (Å²) in [4.78, 5) is 19.0. The molecule has 1 atom stereocenters. The molecule has 0 aliphatic carbocycles. The van der Waals surface area contributed by atoms with Crippen LogP contribution in [-0.4, -0.2) is 43.8 Å². The molecule has 8 nitrogen and oxygen atoms in total. The molecule has 180 valence electrons. The van der Waals surface area contributed by atoms with Crippen molar-refractivity contribution in [1.82, 2.24) is 15.2 Å². The van der Waals surface area contributed by atoms with Crippen molar-refractivity contribution in [2.75, 3.05) is 18.3 Å². The van der Waals surface area contributed by atoms with E-state index in [2.05, 4.69) is 19.9 Å². The molecule has 4 rings (SSSR count). The molecule has 0 unspecified atom stereocenters. The van der Waals surface area contributed by atoms with E-state index in [4.69, 9.17) is 4.42 Å². The smallest absolute Gasteiger partial charge is 0.262 e. The molecular weight excluding hydrogens is 459 g/mol. The van der Waals surface area contributed by atoms with Crippen LogP contribution in [0.3, 0.4) is 0 Å². The van der Waals surface area contributed by atoms with E-state index in [0.29, 0.717) is 17.0 Å². The number of hydrogen-bond acceptors (Lipinski definition) is 6. The number of aryl methyl sites for hydroxylation is 1. The maximum atomic E-state index is 13.5. The second kappa shape index (κ2) is 9.94. The molecule has 1 aliphatic rings.